The van der Waals surface area contributed by atoms with Crippen molar-refractivity contribution in [2.45, 2.75) is 25.2 Å². The van der Waals surface area contributed by atoms with Crippen LogP contribution in [0.25, 0.3) is 0 Å². The van der Waals surface area contributed by atoms with Gasteiger partial charge in [0.2, 0.25) is 0 Å². The number of rotatable bonds is 2. The SMILES string of the molecule is Nc1cccc(C(=O)N2CCC[C@H]2C(O)O)c1O. The molecule has 1 atom stereocenters. The van der Waals surface area contributed by atoms with Crippen LogP contribution in [0, 0.1) is 0 Å². The van der Waals surface area contributed by atoms with E-state index in [1.54, 1.807) is 6.07 Å². The topological polar surface area (TPSA) is 107 Å². The fourth-order valence-corrected chi connectivity index (χ4v) is 2.24. The standard InChI is InChI=1S/C12H16N2O4/c13-8-4-1-3-7(10(8)15)11(16)14-6-2-5-9(14)12(17)18/h1,3-4,9,12,15,17-18H,2,5-6,13H2/t9-/m0/s1. The van der Waals surface area contributed by atoms with Crippen molar-refractivity contribution in [3.8, 4) is 5.75 Å². The lowest BCUT2D eigenvalue weighted by Crippen LogP contribution is -2.42. The fourth-order valence-electron chi connectivity index (χ4n) is 2.24. The minimum Gasteiger partial charge on any atom is -0.505 e. The molecule has 0 radical (unpaired) electrons. The van der Waals surface area contributed by atoms with Gasteiger partial charge in [-0.3, -0.25) is 4.79 Å². The summed E-state index contributed by atoms with van der Waals surface area (Å²) in [5, 5.41) is 28.2. The van der Waals surface area contributed by atoms with Crippen LogP contribution < -0.4 is 5.73 Å². The smallest absolute Gasteiger partial charge is 0.258 e. The third-order valence-corrected chi connectivity index (χ3v) is 3.20. The summed E-state index contributed by atoms with van der Waals surface area (Å²) in [4.78, 5) is 13.6. The van der Waals surface area contributed by atoms with Gasteiger partial charge in [-0.1, -0.05) is 6.07 Å². The minimum absolute atomic E-state index is 0.0857. The Morgan fingerprint density at radius 3 is 2.83 bits per heavy atom. The molecule has 1 amide bonds. The summed E-state index contributed by atoms with van der Waals surface area (Å²) in [5.41, 5.74) is 5.74. The molecule has 0 aliphatic carbocycles. The maximum atomic E-state index is 12.2. The van der Waals surface area contributed by atoms with Crippen molar-refractivity contribution < 1.29 is 20.1 Å². The molecule has 1 saturated heterocycles. The van der Waals surface area contributed by atoms with Gasteiger partial charge >= 0.3 is 0 Å². The zero-order valence-corrected chi connectivity index (χ0v) is 9.78. The molecule has 1 aromatic rings. The summed E-state index contributed by atoms with van der Waals surface area (Å²) in [6, 6.07) is 3.91. The average molecular weight is 252 g/mol. The van der Waals surface area contributed by atoms with Crippen LogP contribution in [0.1, 0.15) is 23.2 Å². The Morgan fingerprint density at radius 2 is 2.17 bits per heavy atom. The maximum absolute atomic E-state index is 12.2. The predicted octanol–water partition coefficient (Wildman–Crippen LogP) is -0.110. The number of benzene rings is 1. The lowest BCUT2D eigenvalue weighted by Gasteiger charge is -2.26. The monoisotopic (exact) mass is 252 g/mol. The van der Waals surface area contributed by atoms with Gasteiger partial charge in [0.25, 0.3) is 5.91 Å². The summed E-state index contributed by atoms with van der Waals surface area (Å²) < 4.78 is 0. The summed E-state index contributed by atoms with van der Waals surface area (Å²) in [7, 11) is 0. The van der Waals surface area contributed by atoms with Crippen LogP contribution in [0.5, 0.6) is 5.75 Å². The highest BCUT2D eigenvalue weighted by Gasteiger charge is 2.34. The molecule has 6 heteroatoms. The van der Waals surface area contributed by atoms with E-state index in [-0.39, 0.29) is 17.0 Å². The Labute approximate surface area is 104 Å². The molecule has 98 valence electrons. The van der Waals surface area contributed by atoms with E-state index < -0.39 is 18.2 Å². The van der Waals surface area contributed by atoms with Crippen LogP contribution >= 0.6 is 0 Å². The molecule has 6 nitrogen and oxygen atoms in total. The predicted molar refractivity (Wildman–Crippen MR) is 64.8 cm³/mol. The number of para-hydroxylation sites is 1. The number of nitrogen functional groups attached to an aromatic ring is 1. The molecule has 1 heterocycles. The van der Waals surface area contributed by atoms with E-state index in [0.717, 1.165) is 0 Å². The number of anilines is 1. The molecule has 0 spiro atoms. The Bertz CT molecular complexity index is 461. The van der Waals surface area contributed by atoms with E-state index >= 15 is 0 Å². The summed E-state index contributed by atoms with van der Waals surface area (Å²) >= 11 is 0. The van der Waals surface area contributed by atoms with Gasteiger partial charge in [-0.05, 0) is 25.0 Å². The number of hydrogen-bond donors (Lipinski definition) is 4. The number of phenolic OH excluding ortho intramolecular Hbond substituents is 1. The number of phenols is 1. The third-order valence-electron chi connectivity index (χ3n) is 3.20. The fraction of sp³-hybridized carbons (Fsp3) is 0.417. The molecule has 0 aromatic heterocycles. The van der Waals surface area contributed by atoms with Gasteiger partial charge in [0, 0.05) is 6.54 Å². The molecular formula is C12H16N2O4. The summed E-state index contributed by atoms with van der Waals surface area (Å²) in [6.45, 7) is 0.440. The van der Waals surface area contributed by atoms with Crippen LogP contribution in [-0.4, -0.2) is 45.0 Å². The number of nitrogens with two attached hydrogens (primary N) is 1. The van der Waals surface area contributed by atoms with Crippen molar-refractivity contribution in [3.05, 3.63) is 23.8 Å². The highest BCUT2D eigenvalue weighted by Crippen LogP contribution is 2.29. The second-order valence-corrected chi connectivity index (χ2v) is 4.37. The quantitative estimate of drug-likeness (QED) is 0.334. The minimum atomic E-state index is -1.57. The first-order valence-electron chi connectivity index (χ1n) is 5.77. The molecule has 0 saturated carbocycles. The Morgan fingerprint density at radius 1 is 1.44 bits per heavy atom. The van der Waals surface area contributed by atoms with Crippen LogP contribution in [-0.2, 0) is 0 Å². The second-order valence-electron chi connectivity index (χ2n) is 4.37. The first-order valence-corrected chi connectivity index (χ1v) is 5.77. The molecule has 1 aliphatic rings. The van der Waals surface area contributed by atoms with Gasteiger partial charge in [0.15, 0.2) is 12.0 Å². The molecule has 0 unspecified atom stereocenters. The van der Waals surface area contributed by atoms with Crippen molar-refractivity contribution in [1.29, 1.82) is 0 Å². The van der Waals surface area contributed by atoms with Crippen LogP contribution in [0.15, 0.2) is 18.2 Å². The maximum Gasteiger partial charge on any atom is 0.258 e. The lowest BCUT2D eigenvalue weighted by atomic mass is 10.1. The number of aromatic hydroxyl groups is 1. The molecule has 18 heavy (non-hydrogen) atoms. The Balaban J connectivity index is 2.28. The average Bonchev–Trinajstić information content (AvgIpc) is 2.81. The molecule has 1 aliphatic heterocycles. The van der Waals surface area contributed by atoms with Gasteiger partial charge in [0.05, 0.1) is 17.3 Å². The van der Waals surface area contributed by atoms with Crippen LogP contribution in [0.2, 0.25) is 0 Å². The van der Waals surface area contributed by atoms with E-state index in [1.165, 1.54) is 17.0 Å². The molecule has 0 bridgehead atoms. The van der Waals surface area contributed by atoms with Crippen LogP contribution in [0.4, 0.5) is 5.69 Å². The number of nitrogens with zero attached hydrogens (tertiary/aromatic N) is 1. The summed E-state index contributed by atoms with van der Waals surface area (Å²) in [6.07, 6.45) is -0.330. The number of carbonyl (C=O) groups is 1. The number of likely N-dealkylation sites (tertiary alicyclic amines) is 1. The van der Waals surface area contributed by atoms with Crippen molar-refractivity contribution in [1.82, 2.24) is 4.90 Å². The third kappa shape index (κ3) is 2.12. The van der Waals surface area contributed by atoms with Crippen molar-refractivity contribution in [2.24, 2.45) is 0 Å². The number of amides is 1. The highest BCUT2D eigenvalue weighted by molar-refractivity contribution is 5.98. The second kappa shape index (κ2) is 4.83. The molecular weight excluding hydrogens is 236 g/mol. The molecule has 5 N–H and O–H groups in total. The largest absolute Gasteiger partial charge is 0.505 e. The highest BCUT2D eigenvalue weighted by atomic mass is 16.5. The number of aliphatic hydroxyl groups excluding tert-OH is 1. The van der Waals surface area contributed by atoms with Crippen molar-refractivity contribution in [3.63, 3.8) is 0 Å². The van der Waals surface area contributed by atoms with E-state index in [1.807, 2.05) is 0 Å². The van der Waals surface area contributed by atoms with Gasteiger partial charge in [-0.2, -0.15) is 0 Å². The van der Waals surface area contributed by atoms with E-state index in [0.29, 0.717) is 19.4 Å². The first-order chi connectivity index (χ1) is 8.52. The van der Waals surface area contributed by atoms with Gasteiger partial charge in [0.1, 0.15) is 0 Å². The van der Waals surface area contributed by atoms with Crippen LogP contribution in [0.3, 0.4) is 0 Å². The number of aliphatic hydroxyl groups is 2. The first kappa shape index (κ1) is 12.7. The van der Waals surface area contributed by atoms with Crippen molar-refractivity contribution in [2.75, 3.05) is 12.3 Å². The van der Waals surface area contributed by atoms with E-state index in [4.69, 9.17) is 5.73 Å². The molecule has 2 rings (SSSR count). The zero-order valence-electron chi connectivity index (χ0n) is 9.78. The van der Waals surface area contributed by atoms with Crippen molar-refractivity contribution >= 4 is 11.6 Å². The van der Waals surface area contributed by atoms with Gasteiger partial charge < -0.3 is 26.0 Å². The van der Waals surface area contributed by atoms with E-state index in [2.05, 4.69) is 0 Å². The summed E-state index contributed by atoms with van der Waals surface area (Å²) in [5.74, 6) is -0.698. The number of hydrogen-bond acceptors (Lipinski definition) is 5. The number of carbonyl (C=O) groups excluding carboxylic acids is 1. The molecule has 1 fully saturated rings. The van der Waals surface area contributed by atoms with Gasteiger partial charge in [-0.25, -0.2) is 0 Å². The normalized spacial score (nSPS) is 19.5. The molecule has 1 aromatic carbocycles. The van der Waals surface area contributed by atoms with E-state index in [9.17, 15) is 20.1 Å². The Kier molecular flexibility index (Phi) is 3.40. The lowest BCUT2D eigenvalue weighted by molar-refractivity contribution is -0.0841. The zero-order chi connectivity index (χ0) is 13.3. The Hall–Kier alpha value is -1.79. The van der Waals surface area contributed by atoms with Gasteiger partial charge in [-0.15, -0.1) is 0 Å².